The molecule has 2 aromatic rings. The molecule has 0 saturated carbocycles. The third-order valence-electron chi connectivity index (χ3n) is 2.01. The molecule has 2 rings (SSSR count). The predicted octanol–water partition coefficient (Wildman–Crippen LogP) is 3.12. The van der Waals surface area contributed by atoms with Gasteiger partial charge in [0, 0.05) is 18.0 Å². The van der Waals surface area contributed by atoms with E-state index in [0.717, 1.165) is 11.8 Å². The first kappa shape index (κ1) is 10.0. The number of imidazole rings is 1. The van der Waals surface area contributed by atoms with Crippen LogP contribution >= 0.6 is 12.2 Å². The number of nitrogens with one attached hydrogen (secondary N) is 1. The fourth-order valence-electron chi connectivity index (χ4n) is 1.37. The summed E-state index contributed by atoms with van der Waals surface area (Å²) in [6, 6.07) is 3.38. The Hall–Kier alpha value is -1.49. The zero-order chi connectivity index (χ0) is 11.0. The number of hydrogen-bond donors (Lipinski definition) is 1. The average Bonchev–Trinajstić information content (AvgIpc) is 2.45. The van der Waals surface area contributed by atoms with E-state index in [1.165, 1.54) is 16.7 Å². The summed E-state index contributed by atoms with van der Waals surface area (Å²) in [5.74, 6) is -1.24. The van der Waals surface area contributed by atoms with Gasteiger partial charge in [0.25, 0.3) is 0 Å². The topological polar surface area (TPSA) is 20.7 Å². The second-order valence-corrected chi connectivity index (χ2v) is 3.59. The molecule has 1 aromatic carbocycles. The zero-order valence-electron chi connectivity index (χ0n) is 7.92. The largest absolute Gasteiger partial charge is 0.335 e. The van der Waals surface area contributed by atoms with E-state index in [-0.39, 0.29) is 5.69 Å². The number of hydrogen-bond acceptors (Lipinski definition) is 1. The zero-order valence-corrected chi connectivity index (χ0v) is 8.74. The lowest BCUT2D eigenvalue weighted by molar-refractivity contribution is 0.577. The fraction of sp³-hybridized carbons (Fsp3) is 0.100. The van der Waals surface area contributed by atoms with Gasteiger partial charge in [-0.05, 0) is 31.3 Å². The molecular weight excluding hydrogens is 218 g/mol. The van der Waals surface area contributed by atoms with Crippen molar-refractivity contribution in [3.8, 4) is 5.69 Å². The molecule has 0 unspecified atom stereocenters. The Morgan fingerprint density at radius 2 is 2.07 bits per heavy atom. The number of aryl methyl sites for hydroxylation is 1. The average molecular weight is 226 g/mol. The van der Waals surface area contributed by atoms with Gasteiger partial charge in [-0.15, -0.1) is 0 Å². The Bertz CT molecular complexity index is 557. The second-order valence-electron chi connectivity index (χ2n) is 3.21. The first-order valence-electron chi connectivity index (χ1n) is 4.31. The van der Waals surface area contributed by atoms with E-state index in [2.05, 4.69) is 4.98 Å². The highest BCUT2D eigenvalue weighted by atomic mass is 32.1. The minimum Gasteiger partial charge on any atom is -0.335 e. The molecule has 1 aromatic heterocycles. The van der Waals surface area contributed by atoms with E-state index in [9.17, 15) is 8.78 Å². The lowest BCUT2D eigenvalue weighted by atomic mass is 10.3. The Morgan fingerprint density at radius 3 is 2.60 bits per heavy atom. The van der Waals surface area contributed by atoms with Crippen LogP contribution in [-0.2, 0) is 0 Å². The van der Waals surface area contributed by atoms with Gasteiger partial charge in [0.1, 0.15) is 11.6 Å². The Morgan fingerprint density at radius 1 is 1.33 bits per heavy atom. The van der Waals surface area contributed by atoms with Crippen LogP contribution in [0.1, 0.15) is 5.69 Å². The highest BCUT2D eigenvalue weighted by molar-refractivity contribution is 7.71. The van der Waals surface area contributed by atoms with Gasteiger partial charge < -0.3 is 4.98 Å². The summed E-state index contributed by atoms with van der Waals surface area (Å²) in [5, 5.41) is 0. The van der Waals surface area contributed by atoms with Crippen molar-refractivity contribution in [2.75, 3.05) is 0 Å². The van der Waals surface area contributed by atoms with E-state index >= 15 is 0 Å². The normalized spacial score (nSPS) is 10.6. The highest BCUT2D eigenvalue weighted by Crippen LogP contribution is 2.15. The lowest BCUT2D eigenvalue weighted by Gasteiger charge is -2.03. The van der Waals surface area contributed by atoms with E-state index < -0.39 is 11.6 Å². The maximum Gasteiger partial charge on any atom is 0.182 e. The molecule has 0 aliphatic rings. The molecule has 1 heterocycles. The van der Waals surface area contributed by atoms with Crippen LogP contribution < -0.4 is 0 Å². The first-order chi connectivity index (χ1) is 7.08. The summed E-state index contributed by atoms with van der Waals surface area (Å²) in [4.78, 5) is 2.87. The van der Waals surface area contributed by atoms with Gasteiger partial charge in [-0.3, -0.25) is 4.57 Å². The van der Waals surface area contributed by atoms with Crippen LogP contribution in [-0.4, -0.2) is 9.55 Å². The number of aromatic amines is 1. The summed E-state index contributed by atoms with van der Waals surface area (Å²) < 4.78 is 27.9. The van der Waals surface area contributed by atoms with Crippen molar-refractivity contribution >= 4 is 12.2 Å². The third kappa shape index (κ3) is 1.83. The van der Waals surface area contributed by atoms with Crippen molar-refractivity contribution in [3.05, 3.63) is 46.5 Å². The Balaban J connectivity index is 2.64. The molecule has 1 N–H and O–H groups in total. The molecule has 15 heavy (non-hydrogen) atoms. The lowest BCUT2D eigenvalue weighted by Crippen LogP contribution is -1.96. The molecule has 0 fully saturated rings. The summed E-state index contributed by atoms with van der Waals surface area (Å²) in [5.41, 5.74) is 1.06. The number of H-pyrrole nitrogens is 1. The first-order valence-corrected chi connectivity index (χ1v) is 4.72. The van der Waals surface area contributed by atoms with E-state index in [1.807, 2.05) is 6.92 Å². The molecule has 0 bridgehead atoms. The smallest absolute Gasteiger partial charge is 0.182 e. The molecule has 0 saturated heterocycles. The molecule has 2 nitrogen and oxygen atoms in total. The number of halogens is 2. The maximum absolute atomic E-state index is 13.4. The quantitative estimate of drug-likeness (QED) is 0.741. The van der Waals surface area contributed by atoms with E-state index in [1.54, 1.807) is 6.20 Å². The van der Waals surface area contributed by atoms with Crippen LogP contribution in [0, 0.1) is 23.3 Å². The molecule has 0 aliphatic carbocycles. The van der Waals surface area contributed by atoms with Gasteiger partial charge in [-0.2, -0.15) is 0 Å². The van der Waals surface area contributed by atoms with Crippen molar-refractivity contribution in [2.45, 2.75) is 6.92 Å². The molecule has 0 radical (unpaired) electrons. The minimum atomic E-state index is -0.634. The van der Waals surface area contributed by atoms with Crippen LogP contribution in [0.4, 0.5) is 8.78 Å². The SMILES string of the molecule is Cc1cn(-c2ccc(F)cc2F)c(=S)[nH]1. The van der Waals surface area contributed by atoms with Gasteiger partial charge in [-0.25, -0.2) is 8.78 Å². The standard InChI is InChI=1S/C10H8F2N2S/c1-6-5-14(10(15)13-6)9-3-2-7(11)4-8(9)12/h2-5H,1H3,(H,13,15). The van der Waals surface area contributed by atoms with E-state index in [0.29, 0.717) is 4.77 Å². The second kappa shape index (κ2) is 3.58. The van der Waals surface area contributed by atoms with Gasteiger partial charge in [-0.1, -0.05) is 0 Å². The Kier molecular flexibility index (Phi) is 2.40. The molecule has 0 aliphatic heterocycles. The van der Waals surface area contributed by atoms with Crippen LogP contribution in [0.15, 0.2) is 24.4 Å². The molecule has 78 valence electrons. The molecule has 0 amide bonds. The predicted molar refractivity (Wildman–Crippen MR) is 55.6 cm³/mol. The van der Waals surface area contributed by atoms with Crippen LogP contribution in [0.2, 0.25) is 0 Å². The fourth-order valence-corrected chi connectivity index (χ4v) is 1.68. The molecule has 0 spiro atoms. The number of aromatic nitrogens is 2. The van der Waals surface area contributed by atoms with Crippen LogP contribution in [0.3, 0.4) is 0 Å². The molecule has 0 atom stereocenters. The summed E-state index contributed by atoms with van der Waals surface area (Å²) in [7, 11) is 0. The Labute approximate surface area is 90.2 Å². The van der Waals surface area contributed by atoms with Crippen molar-refractivity contribution in [1.82, 2.24) is 9.55 Å². The highest BCUT2D eigenvalue weighted by Gasteiger charge is 2.07. The monoisotopic (exact) mass is 226 g/mol. The van der Waals surface area contributed by atoms with E-state index in [4.69, 9.17) is 12.2 Å². The maximum atomic E-state index is 13.4. The van der Waals surface area contributed by atoms with Gasteiger partial charge in [0.15, 0.2) is 4.77 Å². The number of benzene rings is 1. The van der Waals surface area contributed by atoms with Crippen molar-refractivity contribution in [3.63, 3.8) is 0 Å². The van der Waals surface area contributed by atoms with Crippen molar-refractivity contribution in [1.29, 1.82) is 0 Å². The summed E-state index contributed by atoms with van der Waals surface area (Å²) >= 11 is 4.99. The summed E-state index contributed by atoms with van der Waals surface area (Å²) in [6.45, 7) is 1.81. The summed E-state index contributed by atoms with van der Waals surface area (Å²) in [6.07, 6.45) is 1.67. The third-order valence-corrected chi connectivity index (χ3v) is 2.31. The van der Waals surface area contributed by atoms with Crippen molar-refractivity contribution < 1.29 is 8.78 Å². The molecule has 5 heteroatoms. The van der Waals surface area contributed by atoms with Gasteiger partial charge >= 0.3 is 0 Å². The number of nitrogens with zero attached hydrogens (tertiary/aromatic N) is 1. The van der Waals surface area contributed by atoms with Gasteiger partial charge in [0.2, 0.25) is 0 Å². The number of rotatable bonds is 1. The van der Waals surface area contributed by atoms with Gasteiger partial charge in [0.05, 0.1) is 5.69 Å². The molecular formula is C10H8F2N2S. The van der Waals surface area contributed by atoms with Crippen molar-refractivity contribution in [2.24, 2.45) is 0 Å². The minimum absolute atomic E-state index is 0.241. The van der Waals surface area contributed by atoms with Crippen LogP contribution in [0.25, 0.3) is 5.69 Å². The van der Waals surface area contributed by atoms with Crippen LogP contribution in [0.5, 0.6) is 0 Å².